The van der Waals surface area contributed by atoms with Gasteiger partial charge in [-0.15, -0.1) is 0 Å². The maximum atomic E-state index is 12.5. The molecule has 0 aliphatic carbocycles. The zero-order valence-electron chi connectivity index (χ0n) is 10.1. The number of carbonyl (C=O) groups is 1. The number of hydrogen-bond acceptors (Lipinski definition) is 5. The molecule has 1 aromatic rings. The zero-order chi connectivity index (χ0) is 15.6. The summed E-state index contributed by atoms with van der Waals surface area (Å²) in [7, 11) is -3.32. The maximum absolute atomic E-state index is 12.5. The van der Waals surface area contributed by atoms with Gasteiger partial charge in [0.05, 0.1) is 18.4 Å². The van der Waals surface area contributed by atoms with Crippen LogP contribution in [-0.4, -0.2) is 32.4 Å². The number of esters is 1. The lowest BCUT2D eigenvalue weighted by Crippen LogP contribution is -2.23. The first kappa shape index (κ1) is 16.1. The fourth-order valence-corrected chi connectivity index (χ4v) is 2.21. The third kappa shape index (κ3) is 4.30. The van der Waals surface area contributed by atoms with Crippen molar-refractivity contribution < 1.29 is 36.2 Å². The smallest absolute Gasteiger partial charge is 0.416 e. The Morgan fingerprint density at radius 2 is 2.00 bits per heavy atom. The molecule has 0 spiro atoms. The standard InChI is InChI=1S/C10H10F3NO5S/c1-19-9(16)5-20(17,18)14-7-4-6(10(11,12)13)2-3-8(7)15/h2-4,14-15H,5H2,1H3. The lowest BCUT2D eigenvalue weighted by atomic mass is 10.2. The summed E-state index contributed by atoms with van der Waals surface area (Å²) in [6.07, 6.45) is -4.70. The molecule has 112 valence electrons. The van der Waals surface area contributed by atoms with Gasteiger partial charge in [-0.25, -0.2) is 8.42 Å². The number of halogens is 3. The number of aromatic hydroxyl groups is 1. The molecule has 0 fully saturated rings. The van der Waals surface area contributed by atoms with Crippen molar-refractivity contribution in [1.29, 1.82) is 0 Å². The van der Waals surface area contributed by atoms with Crippen molar-refractivity contribution in [1.82, 2.24) is 0 Å². The number of nitrogens with one attached hydrogen (secondary N) is 1. The third-order valence-electron chi connectivity index (χ3n) is 2.12. The Hall–Kier alpha value is -1.97. The summed E-state index contributed by atoms with van der Waals surface area (Å²) in [5, 5.41) is 9.34. The summed E-state index contributed by atoms with van der Waals surface area (Å²) in [4.78, 5) is 10.8. The van der Waals surface area contributed by atoms with Gasteiger partial charge in [0, 0.05) is 0 Å². The number of benzene rings is 1. The van der Waals surface area contributed by atoms with Crippen LogP contribution in [0.2, 0.25) is 0 Å². The van der Waals surface area contributed by atoms with Gasteiger partial charge in [0.15, 0.2) is 5.75 Å². The van der Waals surface area contributed by atoms with Gasteiger partial charge in [-0.05, 0) is 18.2 Å². The Balaban J connectivity index is 3.06. The van der Waals surface area contributed by atoms with Crippen molar-refractivity contribution in [3.63, 3.8) is 0 Å². The van der Waals surface area contributed by atoms with Crippen LogP contribution in [0.3, 0.4) is 0 Å². The summed E-state index contributed by atoms with van der Waals surface area (Å²) >= 11 is 0. The Morgan fingerprint density at radius 1 is 1.40 bits per heavy atom. The van der Waals surface area contributed by atoms with E-state index in [0.717, 1.165) is 7.11 Å². The van der Waals surface area contributed by atoms with Gasteiger partial charge < -0.3 is 9.84 Å². The second kappa shape index (κ2) is 5.57. The first-order valence-corrected chi connectivity index (χ1v) is 6.68. The minimum absolute atomic E-state index is 0.421. The third-order valence-corrected chi connectivity index (χ3v) is 3.27. The SMILES string of the molecule is COC(=O)CS(=O)(=O)Nc1cc(C(F)(F)F)ccc1O. The summed E-state index contributed by atoms with van der Waals surface area (Å²) in [5.41, 5.74) is -1.82. The minimum Gasteiger partial charge on any atom is -0.506 e. The van der Waals surface area contributed by atoms with Crippen molar-refractivity contribution in [3.8, 4) is 5.75 Å². The Morgan fingerprint density at radius 3 is 2.50 bits per heavy atom. The van der Waals surface area contributed by atoms with Gasteiger partial charge in [0.25, 0.3) is 0 Å². The molecule has 0 saturated heterocycles. The van der Waals surface area contributed by atoms with Crippen LogP contribution in [0.4, 0.5) is 18.9 Å². The molecule has 0 atom stereocenters. The highest BCUT2D eigenvalue weighted by Crippen LogP contribution is 2.34. The van der Waals surface area contributed by atoms with E-state index in [1.54, 1.807) is 4.72 Å². The van der Waals surface area contributed by atoms with Crippen LogP contribution >= 0.6 is 0 Å². The lowest BCUT2D eigenvalue weighted by molar-refractivity contribution is -0.138. The predicted octanol–water partition coefficient (Wildman–Crippen LogP) is 1.33. The Kier molecular flexibility index (Phi) is 4.48. The van der Waals surface area contributed by atoms with E-state index in [0.29, 0.717) is 18.2 Å². The Labute approximate surface area is 112 Å². The maximum Gasteiger partial charge on any atom is 0.416 e. The topological polar surface area (TPSA) is 92.7 Å². The number of ether oxygens (including phenoxy) is 1. The van der Waals surface area contributed by atoms with Crippen molar-refractivity contribution in [2.24, 2.45) is 0 Å². The van der Waals surface area contributed by atoms with Crippen LogP contribution in [0.1, 0.15) is 5.56 Å². The van der Waals surface area contributed by atoms with Gasteiger partial charge in [-0.2, -0.15) is 13.2 Å². The van der Waals surface area contributed by atoms with E-state index in [-0.39, 0.29) is 0 Å². The van der Waals surface area contributed by atoms with Crippen LogP contribution in [0.5, 0.6) is 5.75 Å². The number of carbonyl (C=O) groups excluding carboxylic acids is 1. The molecule has 2 N–H and O–H groups in total. The van der Waals surface area contributed by atoms with Crippen molar-refractivity contribution in [2.45, 2.75) is 6.18 Å². The number of sulfonamides is 1. The van der Waals surface area contributed by atoms with E-state index in [1.807, 2.05) is 0 Å². The number of anilines is 1. The van der Waals surface area contributed by atoms with E-state index in [4.69, 9.17) is 0 Å². The fourth-order valence-electron chi connectivity index (χ4n) is 1.21. The molecule has 0 aromatic heterocycles. The largest absolute Gasteiger partial charge is 0.506 e. The van der Waals surface area contributed by atoms with Crippen molar-refractivity contribution >= 4 is 21.7 Å². The normalized spacial score (nSPS) is 12.0. The molecule has 6 nitrogen and oxygen atoms in total. The molecule has 1 rings (SSSR count). The van der Waals surface area contributed by atoms with Crippen LogP contribution in [0.15, 0.2) is 18.2 Å². The number of hydrogen-bond donors (Lipinski definition) is 2. The summed E-state index contributed by atoms with van der Waals surface area (Å²) in [6, 6.07) is 1.70. The minimum atomic E-state index is -4.70. The van der Waals surface area contributed by atoms with Gasteiger partial charge >= 0.3 is 12.1 Å². The van der Waals surface area contributed by atoms with E-state index in [1.165, 1.54) is 0 Å². The molecule has 10 heteroatoms. The highest BCUT2D eigenvalue weighted by atomic mass is 32.2. The van der Waals surface area contributed by atoms with Crippen LogP contribution in [0.25, 0.3) is 0 Å². The molecule has 0 radical (unpaired) electrons. The van der Waals surface area contributed by atoms with Gasteiger partial charge in [-0.3, -0.25) is 9.52 Å². The van der Waals surface area contributed by atoms with Crippen LogP contribution in [0, 0.1) is 0 Å². The molecule has 0 unspecified atom stereocenters. The number of alkyl halides is 3. The lowest BCUT2D eigenvalue weighted by Gasteiger charge is -2.12. The zero-order valence-corrected chi connectivity index (χ0v) is 10.9. The summed E-state index contributed by atoms with van der Waals surface area (Å²) in [5.74, 6) is -2.88. The second-order valence-electron chi connectivity index (χ2n) is 3.67. The highest BCUT2D eigenvalue weighted by molar-refractivity contribution is 7.93. The van der Waals surface area contributed by atoms with E-state index < -0.39 is 44.9 Å². The predicted molar refractivity (Wildman–Crippen MR) is 62.5 cm³/mol. The molecule has 0 aliphatic heterocycles. The molecule has 0 bridgehead atoms. The van der Waals surface area contributed by atoms with Gasteiger partial charge in [-0.1, -0.05) is 0 Å². The van der Waals surface area contributed by atoms with Gasteiger partial charge in [0.2, 0.25) is 10.0 Å². The number of methoxy groups -OCH3 is 1. The van der Waals surface area contributed by atoms with E-state index in [9.17, 15) is 31.5 Å². The van der Waals surface area contributed by atoms with Crippen LogP contribution in [-0.2, 0) is 25.7 Å². The first-order chi connectivity index (χ1) is 9.05. The molecule has 0 aliphatic rings. The van der Waals surface area contributed by atoms with Gasteiger partial charge in [0.1, 0.15) is 5.75 Å². The number of phenols is 1. The first-order valence-electron chi connectivity index (χ1n) is 5.02. The van der Waals surface area contributed by atoms with E-state index in [2.05, 4.69) is 4.74 Å². The summed E-state index contributed by atoms with van der Waals surface area (Å²) in [6.45, 7) is 0. The summed E-state index contributed by atoms with van der Waals surface area (Å²) < 4.78 is 66.2. The average molecular weight is 313 g/mol. The molecule has 0 saturated carbocycles. The molecule has 1 aromatic carbocycles. The fraction of sp³-hybridized carbons (Fsp3) is 0.300. The number of phenolic OH excluding ortho intramolecular Hbond substituents is 1. The average Bonchev–Trinajstić information content (AvgIpc) is 2.29. The quantitative estimate of drug-likeness (QED) is 0.646. The second-order valence-corrected chi connectivity index (χ2v) is 5.39. The molecule has 20 heavy (non-hydrogen) atoms. The molecular formula is C10H10F3NO5S. The van der Waals surface area contributed by atoms with Crippen molar-refractivity contribution in [2.75, 3.05) is 17.6 Å². The van der Waals surface area contributed by atoms with E-state index >= 15 is 0 Å². The molecular weight excluding hydrogens is 303 g/mol. The van der Waals surface area contributed by atoms with Crippen molar-refractivity contribution in [3.05, 3.63) is 23.8 Å². The Bertz CT molecular complexity index is 612. The van der Waals surface area contributed by atoms with Crippen LogP contribution < -0.4 is 4.72 Å². The molecule has 0 amide bonds. The monoisotopic (exact) mass is 313 g/mol. The number of rotatable bonds is 4. The highest BCUT2D eigenvalue weighted by Gasteiger charge is 2.31. The molecule has 0 heterocycles.